The third kappa shape index (κ3) is 7.97. The number of hydrogen-bond acceptors (Lipinski definition) is 4. The first kappa shape index (κ1) is 16.7. The largest absolute Gasteiger partial charge is 0.463 e. The van der Waals surface area contributed by atoms with Gasteiger partial charge in [-0.3, -0.25) is 0 Å². The van der Waals surface area contributed by atoms with E-state index < -0.39 is 11.9 Å². The van der Waals surface area contributed by atoms with Gasteiger partial charge in [0, 0.05) is 12.2 Å². The molecule has 4 nitrogen and oxygen atoms in total. The zero-order valence-electron chi connectivity index (χ0n) is 12.4. The van der Waals surface area contributed by atoms with Crippen LogP contribution in [0.5, 0.6) is 0 Å². The lowest BCUT2D eigenvalue weighted by molar-refractivity contribution is -0.147. The highest BCUT2D eigenvalue weighted by atomic mass is 16.5. The Balaban J connectivity index is 1.97. The second kappa shape index (κ2) is 10.5. The molecule has 1 aliphatic carbocycles. The summed E-state index contributed by atoms with van der Waals surface area (Å²) in [7, 11) is 0. The Kier molecular flexibility index (Phi) is 8.76. The van der Waals surface area contributed by atoms with Gasteiger partial charge in [-0.05, 0) is 25.7 Å². The fourth-order valence-electron chi connectivity index (χ4n) is 1.93. The van der Waals surface area contributed by atoms with E-state index in [2.05, 4.69) is 6.92 Å². The molecular formula is C16H26O4. The minimum absolute atomic E-state index is 0.0475. The van der Waals surface area contributed by atoms with E-state index in [1.54, 1.807) is 0 Å². The van der Waals surface area contributed by atoms with Gasteiger partial charge in [0.2, 0.25) is 0 Å². The summed E-state index contributed by atoms with van der Waals surface area (Å²) >= 11 is 0. The second-order valence-corrected chi connectivity index (χ2v) is 5.26. The molecule has 0 aliphatic heterocycles. The molecule has 0 radical (unpaired) electrons. The lowest BCUT2D eigenvalue weighted by Gasteiger charge is -2.24. The van der Waals surface area contributed by atoms with Crippen LogP contribution in [0.2, 0.25) is 0 Å². The third-order valence-corrected chi connectivity index (χ3v) is 3.43. The van der Waals surface area contributed by atoms with Crippen molar-refractivity contribution in [3.63, 3.8) is 0 Å². The SMILES string of the molecule is CCCCCCCCOC(=O)/C=C/C(=O)OC1CCC1. The molecule has 20 heavy (non-hydrogen) atoms. The lowest BCUT2D eigenvalue weighted by atomic mass is 9.96. The molecular weight excluding hydrogens is 256 g/mol. The van der Waals surface area contributed by atoms with Crippen LogP contribution in [0.15, 0.2) is 12.2 Å². The molecule has 0 bridgehead atoms. The lowest BCUT2D eigenvalue weighted by Crippen LogP contribution is -2.24. The average molecular weight is 282 g/mol. The van der Waals surface area contributed by atoms with Crippen LogP contribution >= 0.6 is 0 Å². The molecule has 0 aromatic carbocycles. The molecule has 0 atom stereocenters. The summed E-state index contributed by atoms with van der Waals surface area (Å²) in [5.41, 5.74) is 0. The number of ether oxygens (including phenoxy) is 2. The van der Waals surface area contributed by atoms with E-state index in [4.69, 9.17) is 9.47 Å². The zero-order valence-corrected chi connectivity index (χ0v) is 12.4. The number of rotatable bonds is 10. The summed E-state index contributed by atoms with van der Waals surface area (Å²) in [6.07, 6.45) is 12.2. The van der Waals surface area contributed by atoms with Crippen molar-refractivity contribution in [2.24, 2.45) is 0 Å². The van der Waals surface area contributed by atoms with Crippen molar-refractivity contribution in [3.8, 4) is 0 Å². The third-order valence-electron chi connectivity index (χ3n) is 3.43. The van der Waals surface area contributed by atoms with E-state index in [-0.39, 0.29) is 6.10 Å². The Hall–Kier alpha value is -1.32. The van der Waals surface area contributed by atoms with E-state index >= 15 is 0 Å². The Morgan fingerprint density at radius 2 is 1.65 bits per heavy atom. The Morgan fingerprint density at radius 3 is 2.30 bits per heavy atom. The monoisotopic (exact) mass is 282 g/mol. The van der Waals surface area contributed by atoms with Gasteiger partial charge >= 0.3 is 11.9 Å². The number of carbonyl (C=O) groups is 2. The van der Waals surface area contributed by atoms with E-state index in [1.807, 2.05) is 0 Å². The summed E-state index contributed by atoms with van der Waals surface area (Å²) in [6, 6.07) is 0. The number of esters is 2. The molecule has 0 saturated heterocycles. The maximum atomic E-state index is 11.3. The fourth-order valence-corrected chi connectivity index (χ4v) is 1.93. The van der Waals surface area contributed by atoms with Gasteiger partial charge < -0.3 is 9.47 Å². The van der Waals surface area contributed by atoms with Crippen LogP contribution < -0.4 is 0 Å². The fraction of sp³-hybridized carbons (Fsp3) is 0.750. The normalized spacial score (nSPS) is 15.1. The quantitative estimate of drug-likeness (QED) is 0.349. The van der Waals surface area contributed by atoms with Crippen molar-refractivity contribution in [2.75, 3.05) is 6.61 Å². The Bertz CT molecular complexity index is 318. The van der Waals surface area contributed by atoms with Crippen molar-refractivity contribution >= 4 is 11.9 Å². The van der Waals surface area contributed by atoms with Gasteiger partial charge in [0.25, 0.3) is 0 Å². The first-order chi connectivity index (χ1) is 9.72. The minimum atomic E-state index is -0.468. The van der Waals surface area contributed by atoms with Gasteiger partial charge in [0.15, 0.2) is 0 Å². The van der Waals surface area contributed by atoms with Gasteiger partial charge in [-0.15, -0.1) is 0 Å². The molecule has 0 aromatic rings. The summed E-state index contributed by atoms with van der Waals surface area (Å²) in [5.74, 6) is -0.921. The Labute approximate surface area is 121 Å². The number of hydrogen-bond donors (Lipinski definition) is 0. The van der Waals surface area contributed by atoms with Crippen LogP contribution in [0.3, 0.4) is 0 Å². The summed E-state index contributed by atoms with van der Waals surface area (Å²) in [5, 5.41) is 0. The molecule has 0 amide bonds. The minimum Gasteiger partial charge on any atom is -0.463 e. The summed E-state index contributed by atoms with van der Waals surface area (Å²) in [6.45, 7) is 2.61. The van der Waals surface area contributed by atoms with Crippen LogP contribution in [0.1, 0.15) is 64.7 Å². The van der Waals surface area contributed by atoms with Crippen LogP contribution in [0, 0.1) is 0 Å². The predicted octanol–water partition coefficient (Wildman–Crippen LogP) is 3.54. The average Bonchev–Trinajstić information content (AvgIpc) is 2.39. The second-order valence-electron chi connectivity index (χ2n) is 5.26. The molecule has 0 spiro atoms. The van der Waals surface area contributed by atoms with Crippen LogP contribution in [-0.2, 0) is 19.1 Å². The first-order valence-corrected chi connectivity index (χ1v) is 7.78. The molecule has 114 valence electrons. The van der Waals surface area contributed by atoms with Crippen molar-refractivity contribution in [3.05, 3.63) is 12.2 Å². The van der Waals surface area contributed by atoms with Gasteiger partial charge in [-0.1, -0.05) is 39.0 Å². The molecule has 0 heterocycles. The highest BCUT2D eigenvalue weighted by molar-refractivity contribution is 5.91. The standard InChI is InChI=1S/C16H26O4/c1-2-3-4-5-6-7-13-19-15(17)11-12-16(18)20-14-9-8-10-14/h11-12,14H,2-10,13H2,1H3/b12-11+. The molecule has 0 aromatic heterocycles. The molecule has 0 unspecified atom stereocenters. The molecule has 0 N–H and O–H groups in total. The van der Waals surface area contributed by atoms with Crippen molar-refractivity contribution in [2.45, 2.75) is 70.8 Å². The molecule has 4 heteroatoms. The van der Waals surface area contributed by atoms with Crippen molar-refractivity contribution in [1.29, 1.82) is 0 Å². The molecule has 1 fully saturated rings. The van der Waals surface area contributed by atoms with Crippen LogP contribution in [0.25, 0.3) is 0 Å². The Morgan fingerprint density at radius 1 is 1.00 bits per heavy atom. The number of carbonyl (C=O) groups excluding carboxylic acids is 2. The molecule has 1 saturated carbocycles. The maximum absolute atomic E-state index is 11.3. The predicted molar refractivity (Wildman–Crippen MR) is 77.2 cm³/mol. The zero-order chi connectivity index (χ0) is 14.6. The van der Waals surface area contributed by atoms with E-state index in [1.165, 1.54) is 25.7 Å². The summed E-state index contributed by atoms with van der Waals surface area (Å²) in [4.78, 5) is 22.6. The first-order valence-electron chi connectivity index (χ1n) is 7.78. The van der Waals surface area contributed by atoms with Crippen molar-refractivity contribution in [1.82, 2.24) is 0 Å². The van der Waals surface area contributed by atoms with Crippen LogP contribution in [-0.4, -0.2) is 24.6 Å². The van der Waals surface area contributed by atoms with E-state index in [0.717, 1.165) is 44.3 Å². The van der Waals surface area contributed by atoms with Gasteiger partial charge in [-0.2, -0.15) is 0 Å². The van der Waals surface area contributed by atoms with E-state index in [9.17, 15) is 9.59 Å². The van der Waals surface area contributed by atoms with Crippen molar-refractivity contribution < 1.29 is 19.1 Å². The maximum Gasteiger partial charge on any atom is 0.331 e. The number of unbranched alkanes of at least 4 members (excludes halogenated alkanes) is 5. The van der Waals surface area contributed by atoms with E-state index in [0.29, 0.717) is 6.61 Å². The topological polar surface area (TPSA) is 52.6 Å². The highest BCUT2D eigenvalue weighted by Crippen LogP contribution is 2.21. The smallest absolute Gasteiger partial charge is 0.331 e. The molecule has 1 aliphatic rings. The van der Waals surface area contributed by atoms with Gasteiger partial charge in [0.1, 0.15) is 6.10 Å². The molecule has 1 rings (SSSR count). The summed E-state index contributed by atoms with van der Waals surface area (Å²) < 4.78 is 10.1. The highest BCUT2D eigenvalue weighted by Gasteiger charge is 2.20. The van der Waals surface area contributed by atoms with Gasteiger partial charge in [0.05, 0.1) is 6.61 Å². The van der Waals surface area contributed by atoms with Crippen LogP contribution in [0.4, 0.5) is 0 Å². The van der Waals surface area contributed by atoms with Gasteiger partial charge in [-0.25, -0.2) is 9.59 Å².